The summed E-state index contributed by atoms with van der Waals surface area (Å²) in [6, 6.07) is 12.4. The van der Waals surface area contributed by atoms with Crippen LogP contribution in [0.2, 0.25) is 0 Å². The third kappa shape index (κ3) is 4.25. The monoisotopic (exact) mass is 396 g/mol. The quantitative estimate of drug-likeness (QED) is 0.565. The largest absolute Gasteiger partial charge is 0.443 e. The zero-order chi connectivity index (χ0) is 20.2. The maximum Gasteiger partial charge on any atom is 0.414 e. The summed E-state index contributed by atoms with van der Waals surface area (Å²) in [6.07, 6.45) is 0.798. The minimum absolute atomic E-state index is 0.239. The van der Waals surface area contributed by atoms with Crippen LogP contribution in [0.4, 0.5) is 14.9 Å². The zero-order valence-corrected chi connectivity index (χ0v) is 15.6. The Kier molecular flexibility index (Phi) is 5.50. The van der Waals surface area contributed by atoms with Crippen LogP contribution in [0.3, 0.4) is 0 Å². The number of rotatable bonds is 7. The van der Waals surface area contributed by atoms with Crippen LogP contribution in [0.1, 0.15) is 11.3 Å². The molecule has 8 nitrogen and oxygen atoms in total. The molecule has 1 fully saturated rings. The molecule has 4 N–H and O–H groups in total. The van der Waals surface area contributed by atoms with Crippen molar-refractivity contribution in [3.05, 3.63) is 65.7 Å². The molecule has 1 unspecified atom stereocenters. The molecular weight excluding hydrogens is 375 g/mol. The minimum Gasteiger partial charge on any atom is -0.443 e. The van der Waals surface area contributed by atoms with E-state index >= 15 is 0 Å². The summed E-state index contributed by atoms with van der Waals surface area (Å²) in [5.41, 5.74) is 9.14. The molecule has 29 heavy (non-hydrogen) atoms. The van der Waals surface area contributed by atoms with Crippen molar-refractivity contribution < 1.29 is 13.9 Å². The van der Waals surface area contributed by atoms with E-state index in [0.29, 0.717) is 30.9 Å². The first-order valence-corrected chi connectivity index (χ1v) is 9.26. The lowest BCUT2D eigenvalue weighted by atomic mass is 10.0. The second-order valence-electron chi connectivity index (χ2n) is 6.78. The van der Waals surface area contributed by atoms with Crippen molar-refractivity contribution in [2.75, 3.05) is 18.0 Å². The van der Waals surface area contributed by atoms with Crippen molar-refractivity contribution in [1.29, 1.82) is 0 Å². The van der Waals surface area contributed by atoms with E-state index < -0.39 is 11.9 Å². The van der Waals surface area contributed by atoms with Crippen molar-refractivity contribution in [1.82, 2.24) is 20.7 Å². The summed E-state index contributed by atoms with van der Waals surface area (Å²) in [5, 5.41) is 13.6. The number of H-pyrrole nitrogens is 1. The SMILES string of the molecule is NCC1CN(c2ccc(-c3ccc(CNCc4cn[nH]n4)cc3)c(F)c2)C(=O)O1. The van der Waals surface area contributed by atoms with Gasteiger partial charge in [0.1, 0.15) is 11.9 Å². The Morgan fingerprint density at radius 1 is 1.24 bits per heavy atom. The first-order valence-electron chi connectivity index (χ1n) is 9.26. The van der Waals surface area contributed by atoms with E-state index in [9.17, 15) is 9.18 Å². The highest BCUT2D eigenvalue weighted by molar-refractivity contribution is 5.90. The van der Waals surface area contributed by atoms with Gasteiger partial charge < -0.3 is 15.8 Å². The highest BCUT2D eigenvalue weighted by Crippen LogP contribution is 2.29. The lowest BCUT2D eigenvalue weighted by Crippen LogP contribution is -2.27. The van der Waals surface area contributed by atoms with Gasteiger partial charge >= 0.3 is 6.09 Å². The fraction of sp³-hybridized carbons (Fsp3) is 0.250. The van der Waals surface area contributed by atoms with Gasteiger partial charge in [-0.15, -0.1) is 0 Å². The number of nitrogens with one attached hydrogen (secondary N) is 2. The fourth-order valence-electron chi connectivity index (χ4n) is 3.21. The number of aromatic amines is 1. The molecule has 2 aromatic carbocycles. The molecule has 0 spiro atoms. The molecule has 0 aliphatic carbocycles. The average molecular weight is 396 g/mol. The maximum absolute atomic E-state index is 14.7. The molecule has 1 aliphatic heterocycles. The molecule has 150 valence electrons. The Bertz CT molecular complexity index is 977. The minimum atomic E-state index is -0.505. The smallest absolute Gasteiger partial charge is 0.414 e. The Labute approximate surface area is 166 Å². The molecule has 0 bridgehead atoms. The highest BCUT2D eigenvalue weighted by Gasteiger charge is 2.31. The van der Waals surface area contributed by atoms with Crippen LogP contribution in [0.25, 0.3) is 11.1 Å². The number of halogens is 1. The number of hydrogen-bond donors (Lipinski definition) is 3. The van der Waals surface area contributed by atoms with Gasteiger partial charge in [-0.3, -0.25) is 4.90 Å². The number of aromatic nitrogens is 3. The number of benzene rings is 2. The summed E-state index contributed by atoms with van der Waals surface area (Å²) >= 11 is 0. The molecule has 1 aliphatic rings. The van der Waals surface area contributed by atoms with Crippen molar-refractivity contribution >= 4 is 11.8 Å². The van der Waals surface area contributed by atoms with E-state index in [0.717, 1.165) is 16.8 Å². The van der Waals surface area contributed by atoms with Crippen LogP contribution in [0.5, 0.6) is 0 Å². The summed E-state index contributed by atoms with van der Waals surface area (Å²) in [6.45, 7) is 1.83. The van der Waals surface area contributed by atoms with Crippen LogP contribution in [-0.4, -0.2) is 40.7 Å². The summed E-state index contributed by atoms with van der Waals surface area (Å²) in [5.74, 6) is -0.400. The number of cyclic esters (lactones) is 1. The Hall–Kier alpha value is -3.30. The molecule has 0 radical (unpaired) electrons. The standard InChI is InChI=1S/C20H21FN6O2/c21-19-7-16(27-12-17(8-22)29-20(27)28)5-6-18(19)14-3-1-13(2-4-14)9-23-10-15-11-24-26-25-15/h1-7,11,17,23H,8-10,12,22H2,(H,24,25,26). The number of hydrogen-bond acceptors (Lipinski definition) is 6. The van der Waals surface area contributed by atoms with Crippen LogP contribution < -0.4 is 16.0 Å². The van der Waals surface area contributed by atoms with Crippen LogP contribution >= 0.6 is 0 Å². The third-order valence-corrected chi connectivity index (χ3v) is 4.77. The summed E-state index contributed by atoms with van der Waals surface area (Å²) in [4.78, 5) is 13.3. The maximum atomic E-state index is 14.7. The average Bonchev–Trinajstić information content (AvgIpc) is 3.38. The summed E-state index contributed by atoms with van der Waals surface area (Å²) in [7, 11) is 0. The van der Waals surface area contributed by atoms with Gasteiger partial charge in [0.2, 0.25) is 0 Å². The van der Waals surface area contributed by atoms with Crippen LogP contribution in [0.15, 0.2) is 48.7 Å². The number of anilines is 1. The fourth-order valence-corrected chi connectivity index (χ4v) is 3.21. The molecule has 2 heterocycles. The number of nitrogens with zero attached hydrogens (tertiary/aromatic N) is 3. The molecule has 4 rings (SSSR count). The van der Waals surface area contributed by atoms with Crippen molar-refractivity contribution in [2.24, 2.45) is 5.73 Å². The topological polar surface area (TPSA) is 109 Å². The highest BCUT2D eigenvalue weighted by atomic mass is 19.1. The van der Waals surface area contributed by atoms with Crippen molar-refractivity contribution in [2.45, 2.75) is 19.2 Å². The van der Waals surface area contributed by atoms with Gasteiger partial charge in [0, 0.05) is 25.2 Å². The van der Waals surface area contributed by atoms with E-state index in [1.807, 2.05) is 24.3 Å². The molecule has 1 atom stereocenters. The molecule has 3 aromatic rings. The van der Waals surface area contributed by atoms with E-state index in [2.05, 4.69) is 20.7 Å². The predicted octanol–water partition coefficient (Wildman–Crippen LogP) is 2.18. The van der Waals surface area contributed by atoms with E-state index in [1.165, 1.54) is 11.0 Å². The van der Waals surface area contributed by atoms with Gasteiger partial charge in [0.25, 0.3) is 0 Å². The van der Waals surface area contributed by atoms with Gasteiger partial charge in [0.15, 0.2) is 0 Å². The first-order chi connectivity index (χ1) is 14.1. The van der Waals surface area contributed by atoms with Crippen LogP contribution in [-0.2, 0) is 17.8 Å². The Morgan fingerprint density at radius 3 is 2.72 bits per heavy atom. The number of carbonyl (C=O) groups excluding carboxylic acids is 1. The van der Waals surface area contributed by atoms with E-state index in [4.69, 9.17) is 10.5 Å². The number of nitrogens with two attached hydrogens (primary N) is 1. The lowest BCUT2D eigenvalue weighted by Gasteiger charge is -2.14. The molecule has 1 saturated heterocycles. The number of ether oxygens (including phenoxy) is 1. The van der Waals surface area contributed by atoms with E-state index in [1.54, 1.807) is 18.3 Å². The second kappa shape index (κ2) is 8.38. The number of amides is 1. The molecular formula is C20H21FN6O2. The lowest BCUT2D eigenvalue weighted by molar-refractivity contribution is 0.145. The summed E-state index contributed by atoms with van der Waals surface area (Å²) < 4.78 is 19.8. The zero-order valence-electron chi connectivity index (χ0n) is 15.6. The van der Waals surface area contributed by atoms with Gasteiger partial charge in [-0.25, -0.2) is 9.18 Å². The normalized spacial score (nSPS) is 16.3. The molecule has 9 heteroatoms. The number of carbonyl (C=O) groups is 1. The Balaban J connectivity index is 1.42. The first kappa shape index (κ1) is 19.0. The molecule has 1 amide bonds. The van der Waals surface area contributed by atoms with Crippen molar-refractivity contribution in [3.8, 4) is 11.1 Å². The second-order valence-corrected chi connectivity index (χ2v) is 6.78. The predicted molar refractivity (Wildman–Crippen MR) is 105 cm³/mol. The van der Waals surface area contributed by atoms with E-state index in [-0.39, 0.29) is 12.6 Å². The van der Waals surface area contributed by atoms with Gasteiger partial charge in [-0.05, 0) is 29.3 Å². The van der Waals surface area contributed by atoms with Gasteiger partial charge in [-0.2, -0.15) is 15.4 Å². The third-order valence-electron chi connectivity index (χ3n) is 4.77. The molecule has 0 saturated carbocycles. The Morgan fingerprint density at radius 2 is 2.07 bits per heavy atom. The van der Waals surface area contributed by atoms with Gasteiger partial charge in [-0.1, -0.05) is 24.3 Å². The van der Waals surface area contributed by atoms with Crippen molar-refractivity contribution in [3.63, 3.8) is 0 Å². The van der Waals surface area contributed by atoms with Gasteiger partial charge in [0.05, 0.1) is 24.1 Å². The van der Waals surface area contributed by atoms with Crippen LogP contribution in [0, 0.1) is 5.82 Å². The molecule has 1 aromatic heterocycles.